The van der Waals surface area contributed by atoms with E-state index >= 15 is 0 Å². The maximum Gasteiger partial charge on any atom is 0.214 e. The van der Waals surface area contributed by atoms with Gasteiger partial charge in [-0.25, -0.2) is 4.68 Å². The zero-order valence-electron chi connectivity index (χ0n) is 10.4. The van der Waals surface area contributed by atoms with Crippen molar-refractivity contribution in [3.63, 3.8) is 0 Å². The number of phenols is 1. The van der Waals surface area contributed by atoms with Crippen LogP contribution in [0.25, 0.3) is 16.9 Å². The van der Waals surface area contributed by atoms with Crippen molar-refractivity contribution in [1.29, 1.82) is 0 Å². The molecule has 0 aliphatic heterocycles. The smallest absolute Gasteiger partial charge is 0.214 e. The number of rotatable bonds is 2. The highest BCUT2D eigenvalue weighted by atomic mass is 16.3. The van der Waals surface area contributed by atoms with Crippen LogP contribution < -0.4 is 5.73 Å². The van der Waals surface area contributed by atoms with Crippen molar-refractivity contribution < 1.29 is 10.2 Å². The lowest BCUT2D eigenvalue weighted by Crippen LogP contribution is -1.97. The average Bonchev–Trinajstić information content (AvgIpc) is 2.85. The van der Waals surface area contributed by atoms with Gasteiger partial charge in [-0.3, -0.25) is 4.98 Å². The Balaban J connectivity index is 2.07. The molecule has 6 nitrogen and oxygen atoms in total. The van der Waals surface area contributed by atoms with Gasteiger partial charge in [0.2, 0.25) is 5.88 Å². The van der Waals surface area contributed by atoms with Crippen molar-refractivity contribution in [2.24, 2.45) is 0 Å². The molecule has 0 amide bonds. The van der Waals surface area contributed by atoms with Crippen molar-refractivity contribution in [2.45, 2.75) is 0 Å². The fourth-order valence-corrected chi connectivity index (χ4v) is 1.88. The van der Waals surface area contributed by atoms with E-state index in [2.05, 4.69) is 10.1 Å². The van der Waals surface area contributed by atoms with E-state index in [1.807, 2.05) is 6.07 Å². The molecule has 2 heterocycles. The first kappa shape index (κ1) is 12.0. The van der Waals surface area contributed by atoms with Crippen LogP contribution >= 0.6 is 0 Å². The van der Waals surface area contributed by atoms with Crippen LogP contribution in [-0.4, -0.2) is 25.0 Å². The van der Waals surface area contributed by atoms with Crippen LogP contribution in [0.2, 0.25) is 0 Å². The minimum Gasteiger partial charge on any atom is -0.506 e. The minimum absolute atomic E-state index is 0.0342. The molecule has 100 valence electrons. The molecule has 0 unspecified atom stereocenters. The van der Waals surface area contributed by atoms with E-state index in [0.717, 1.165) is 5.56 Å². The molecule has 0 atom stereocenters. The van der Waals surface area contributed by atoms with E-state index in [1.54, 1.807) is 30.6 Å². The predicted octanol–water partition coefficient (Wildman–Crippen LogP) is 1.93. The van der Waals surface area contributed by atoms with E-state index in [0.29, 0.717) is 11.4 Å². The first-order valence-corrected chi connectivity index (χ1v) is 5.93. The van der Waals surface area contributed by atoms with Crippen LogP contribution in [0.4, 0.5) is 5.69 Å². The summed E-state index contributed by atoms with van der Waals surface area (Å²) in [5.41, 5.74) is 7.72. The molecule has 20 heavy (non-hydrogen) atoms. The summed E-state index contributed by atoms with van der Waals surface area (Å²) in [6.07, 6.45) is 3.32. The molecule has 6 heteroatoms. The number of aromatic hydroxyl groups is 2. The standard InChI is InChI=1S/C14H12N4O2/c15-11-4-3-10(6-13(11)19)18-14(20)7-12(17-18)9-2-1-5-16-8-9/h1-8,19-20H,15H2. The first-order chi connectivity index (χ1) is 9.65. The van der Waals surface area contributed by atoms with Crippen LogP contribution in [0.1, 0.15) is 0 Å². The molecule has 0 saturated heterocycles. The molecule has 0 radical (unpaired) electrons. The van der Waals surface area contributed by atoms with Gasteiger partial charge in [0, 0.05) is 30.1 Å². The molecule has 0 aliphatic rings. The summed E-state index contributed by atoms with van der Waals surface area (Å²) >= 11 is 0. The Labute approximate surface area is 114 Å². The number of aromatic nitrogens is 3. The van der Waals surface area contributed by atoms with Crippen LogP contribution in [-0.2, 0) is 0 Å². The summed E-state index contributed by atoms with van der Waals surface area (Å²) in [6, 6.07) is 9.82. The highest BCUT2D eigenvalue weighted by Gasteiger charge is 2.11. The summed E-state index contributed by atoms with van der Waals surface area (Å²) in [4.78, 5) is 4.01. The quantitative estimate of drug-likeness (QED) is 0.487. The Bertz CT molecular complexity index is 753. The molecule has 3 aromatic rings. The van der Waals surface area contributed by atoms with Crippen molar-refractivity contribution in [3.05, 3.63) is 48.8 Å². The number of phenolic OH excluding ortho intramolecular Hbond substituents is 1. The fourth-order valence-electron chi connectivity index (χ4n) is 1.88. The van der Waals surface area contributed by atoms with Gasteiger partial charge in [-0.1, -0.05) is 0 Å². The predicted molar refractivity (Wildman–Crippen MR) is 74.5 cm³/mol. The van der Waals surface area contributed by atoms with Crippen molar-refractivity contribution in [3.8, 4) is 28.6 Å². The number of pyridine rings is 1. The van der Waals surface area contributed by atoms with Crippen LogP contribution in [0.5, 0.6) is 11.6 Å². The zero-order valence-corrected chi connectivity index (χ0v) is 10.4. The molecule has 0 spiro atoms. The van der Waals surface area contributed by atoms with Gasteiger partial charge in [-0.2, -0.15) is 5.10 Å². The third-order valence-electron chi connectivity index (χ3n) is 2.91. The van der Waals surface area contributed by atoms with Crippen LogP contribution in [0.15, 0.2) is 48.8 Å². The van der Waals surface area contributed by atoms with Gasteiger partial charge in [0.1, 0.15) is 5.75 Å². The molecule has 2 aromatic heterocycles. The largest absolute Gasteiger partial charge is 0.506 e. The molecular weight excluding hydrogens is 256 g/mol. The van der Waals surface area contributed by atoms with Gasteiger partial charge >= 0.3 is 0 Å². The first-order valence-electron chi connectivity index (χ1n) is 5.93. The summed E-state index contributed by atoms with van der Waals surface area (Å²) in [7, 11) is 0. The van der Waals surface area contributed by atoms with E-state index < -0.39 is 0 Å². The number of hydrogen-bond donors (Lipinski definition) is 3. The van der Waals surface area contributed by atoms with Gasteiger partial charge in [0.15, 0.2) is 0 Å². The lowest BCUT2D eigenvalue weighted by atomic mass is 10.2. The number of nitrogens with two attached hydrogens (primary N) is 1. The Morgan fingerprint density at radius 2 is 1.95 bits per heavy atom. The molecule has 0 saturated carbocycles. The third kappa shape index (κ3) is 2.03. The molecule has 1 aromatic carbocycles. The van der Waals surface area contributed by atoms with Gasteiger partial charge in [0.05, 0.1) is 17.1 Å². The van der Waals surface area contributed by atoms with Crippen molar-refractivity contribution >= 4 is 5.69 Å². The van der Waals surface area contributed by atoms with E-state index in [4.69, 9.17) is 5.73 Å². The zero-order chi connectivity index (χ0) is 14.1. The Morgan fingerprint density at radius 3 is 2.65 bits per heavy atom. The molecule has 4 N–H and O–H groups in total. The lowest BCUT2D eigenvalue weighted by molar-refractivity contribution is 0.433. The maximum absolute atomic E-state index is 9.97. The average molecular weight is 268 g/mol. The summed E-state index contributed by atoms with van der Waals surface area (Å²) in [5, 5.41) is 23.9. The molecule has 0 fully saturated rings. The normalized spacial score (nSPS) is 10.6. The fraction of sp³-hybridized carbons (Fsp3) is 0. The second kappa shape index (κ2) is 4.58. The van der Waals surface area contributed by atoms with E-state index in [1.165, 1.54) is 16.8 Å². The van der Waals surface area contributed by atoms with Crippen LogP contribution in [0, 0.1) is 0 Å². The Hall–Kier alpha value is -3.02. The molecule has 0 aliphatic carbocycles. The van der Waals surface area contributed by atoms with Gasteiger partial charge in [-0.15, -0.1) is 0 Å². The van der Waals surface area contributed by atoms with E-state index in [-0.39, 0.29) is 17.3 Å². The topological polar surface area (TPSA) is 97.2 Å². The second-order valence-electron chi connectivity index (χ2n) is 4.28. The minimum atomic E-state index is -0.0553. The number of anilines is 1. The number of nitrogen functional groups attached to an aromatic ring is 1. The molecular formula is C14H12N4O2. The SMILES string of the molecule is Nc1ccc(-n2nc(-c3cccnc3)cc2O)cc1O. The molecule has 3 rings (SSSR count). The van der Waals surface area contributed by atoms with Crippen molar-refractivity contribution in [2.75, 3.05) is 5.73 Å². The summed E-state index contributed by atoms with van der Waals surface area (Å²) in [5.74, 6) is -0.0895. The molecule has 0 bridgehead atoms. The van der Waals surface area contributed by atoms with Crippen molar-refractivity contribution in [1.82, 2.24) is 14.8 Å². The van der Waals surface area contributed by atoms with Gasteiger partial charge < -0.3 is 15.9 Å². The third-order valence-corrected chi connectivity index (χ3v) is 2.91. The number of nitrogens with zero attached hydrogens (tertiary/aromatic N) is 3. The summed E-state index contributed by atoms with van der Waals surface area (Å²) in [6.45, 7) is 0. The highest BCUT2D eigenvalue weighted by molar-refractivity contribution is 5.61. The Kier molecular flexibility index (Phi) is 2.76. The second-order valence-corrected chi connectivity index (χ2v) is 4.28. The van der Waals surface area contributed by atoms with Crippen LogP contribution in [0.3, 0.4) is 0 Å². The van der Waals surface area contributed by atoms with Gasteiger partial charge in [-0.05, 0) is 24.3 Å². The number of hydrogen-bond acceptors (Lipinski definition) is 5. The van der Waals surface area contributed by atoms with Gasteiger partial charge in [0.25, 0.3) is 0 Å². The monoisotopic (exact) mass is 268 g/mol. The highest BCUT2D eigenvalue weighted by Crippen LogP contribution is 2.28. The maximum atomic E-state index is 9.97. The lowest BCUT2D eigenvalue weighted by Gasteiger charge is -2.05. The summed E-state index contributed by atoms with van der Waals surface area (Å²) < 4.78 is 1.32. The Morgan fingerprint density at radius 1 is 1.10 bits per heavy atom. The number of benzene rings is 1. The van der Waals surface area contributed by atoms with E-state index in [9.17, 15) is 10.2 Å².